The van der Waals surface area contributed by atoms with Gasteiger partial charge in [0.2, 0.25) is 0 Å². The fraction of sp³-hybridized carbons (Fsp3) is 0.250. The summed E-state index contributed by atoms with van der Waals surface area (Å²) < 4.78 is 27.5. The van der Waals surface area contributed by atoms with Crippen LogP contribution in [-0.2, 0) is 6.54 Å². The van der Waals surface area contributed by atoms with Crippen LogP contribution in [0.15, 0.2) is 42.5 Å². The van der Waals surface area contributed by atoms with Gasteiger partial charge in [-0.05, 0) is 32.2 Å². The van der Waals surface area contributed by atoms with Crippen molar-refractivity contribution in [1.29, 1.82) is 0 Å². The summed E-state index contributed by atoms with van der Waals surface area (Å²) in [7, 11) is 1.82. The second-order valence-corrected chi connectivity index (χ2v) is 4.92. The molecule has 20 heavy (non-hydrogen) atoms. The predicted octanol–water partition coefficient (Wildman–Crippen LogP) is 3.74. The van der Waals surface area contributed by atoms with Crippen LogP contribution in [0.1, 0.15) is 24.1 Å². The number of rotatable bonds is 4. The molecule has 106 valence electrons. The van der Waals surface area contributed by atoms with Gasteiger partial charge in [-0.25, -0.2) is 8.78 Å². The van der Waals surface area contributed by atoms with Gasteiger partial charge in [-0.1, -0.05) is 24.3 Å². The van der Waals surface area contributed by atoms with E-state index < -0.39 is 0 Å². The molecule has 0 radical (unpaired) electrons. The lowest BCUT2D eigenvalue weighted by molar-refractivity contribution is 0.245. The maximum absolute atomic E-state index is 13.8. The zero-order valence-electron chi connectivity index (χ0n) is 11.6. The topological polar surface area (TPSA) is 29.3 Å². The van der Waals surface area contributed by atoms with Gasteiger partial charge in [-0.3, -0.25) is 4.90 Å². The highest BCUT2D eigenvalue weighted by Gasteiger charge is 2.17. The lowest BCUT2D eigenvalue weighted by atomic mass is 10.1. The van der Waals surface area contributed by atoms with E-state index in [1.807, 2.05) is 18.9 Å². The van der Waals surface area contributed by atoms with Crippen LogP contribution >= 0.6 is 0 Å². The summed E-state index contributed by atoms with van der Waals surface area (Å²) in [6.07, 6.45) is 0. The molecular weight excluding hydrogens is 258 g/mol. The first-order chi connectivity index (χ1) is 9.50. The van der Waals surface area contributed by atoms with Crippen molar-refractivity contribution in [2.75, 3.05) is 12.8 Å². The van der Waals surface area contributed by atoms with E-state index in [2.05, 4.69) is 0 Å². The Morgan fingerprint density at radius 3 is 2.35 bits per heavy atom. The summed E-state index contributed by atoms with van der Waals surface area (Å²) in [5, 5.41) is 0. The first kappa shape index (κ1) is 14.5. The zero-order chi connectivity index (χ0) is 14.7. The van der Waals surface area contributed by atoms with Gasteiger partial charge < -0.3 is 5.73 Å². The van der Waals surface area contributed by atoms with Gasteiger partial charge in [0, 0.05) is 29.4 Å². The Hall–Kier alpha value is -1.94. The van der Waals surface area contributed by atoms with Gasteiger partial charge in [0.1, 0.15) is 11.6 Å². The smallest absolute Gasteiger partial charge is 0.129 e. The van der Waals surface area contributed by atoms with Crippen LogP contribution < -0.4 is 5.73 Å². The molecule has 0 fully saturated rings. The van der Waals surface area contributed by atoms with Crippen LogP contribution in [0.4, 0.5) is 14.5 Å². The molecule has 1 atom stereocenters. The van der Waals surface area contributed by atoms with Crippen LogP contribution in [-0.4, -0.2) is 11.9 Å². The van der Waals surface area contributed by atoms with Crippen molar-refractivity contribution >= 4 is 5.69 Å². The quantitative estimate of drug-likeness (QED) is 0.862. The maximum Gasteiger partial charge on any atom is 0.129 e. The van der Waals surface area contributed by atoms with Crippen LogP contribution in [0.2, 0.25) is 0 Å². The van der Waals surface area contributed by atoms with Gasteiger partial charge in [0.05, 0.1) is 0 Å². The number of hydrogen-bond acceptors (Lipinski definition) is 2. The normalized spacial score (nSPS) is 12.7. The first-order valence-electron chi connectivity index (χ1n) is 6.48. The fourth-order valence-electron chi connectivity index (χ4n) is 2.18. The second-order valence-electron chi connectivity index (χ2n) is 4.92. The number of halogens is 2. The molecule has 2 N–H and O–H groups in total. The molecule has 0 aliphatic heterocycles. The number of hydrogen-bond donors (Lipinski definition) is 1. The molecule has 0 bridgehead atoms. The summed E-state index contributed by atoms with van der Waals surface area (Å²) in [5.74, 6) is -0.592. The summed E-state index contributed by atoms with van der Waals surface area (Å²) in [5.41, 5.74) is 7.24. The molecule has 0 amide bonds. The lowest BCUT2D eigenvalue weighted by Gasteiger charge is -2.26. The average molecular weight is 276 g/mol. The van der Waals surface area contributed by atoms with Crippen LogP contribution in [0.3, 0.4) is 0 Å². The van der Waals surface area contributed by atoms with Crippen molar-refractivity contribution in [3.05, 3.63) is 65.2 Å². The molecule has 0 heterocycles. The molecule has 0 saturated carbocycles. The van der Waals surface area contributed by atoms with E-state index in [4.69, 9.17) is 5.73 Å². The van der Waals surface area contributed by atoms with Gasteiger partial charge in [-0.15, -0.1) is 0 Å². The van der Waals surface area contributed by atoms with Crippen molar-refractivity contribution in [3.63, 3.8) is 0 Å². The molecule has 1 unspecified atom stereocenters. The van der Waals surface area contributed by atoms with Gasteiger partial charge in [-0.2, -0.15) is 0 Å². The fourth-order valence-corrected chi connectivity index (χ4v) is 2.18. The van der Waals surface area contributed by atoms with E-state index in [0.29, 0.717) is 23.4 Å². The van der Waals surface area contributed by atoms with E-state index in [0.717, 1.165) is 0 Å². The molecule has 2 aromatic rings. The maximum atomic E-state index is 13.8. The molecule has 0 spiro atoms. The molecule has 2 nitrogen and oxygen atoms in total. The highest BCUT2D eigenvalue weighted by atomic mass is 19.1. The third-order valence-corrected chi connectivity index (χ3v) is 3.58. The molecule has 0 aliphatic rings. The van der Waals surface area contributed by atoms with Gasteiger partial charge in [0.25, 0.3) is 0 Å². The first-order valence-corrected chi connectivity index (χ1v) is 6.48. The van der Waals surface area contributed by atoms with Crippen LogP contribution in [0.5, 0.6) is 0 Å². The second kappa shape index (κ2) is 6.01. The minimum atomic E-state index is -0.336. The van der Waals surface area contributed by atoms with Crippen molar-refractivity contribution in [1.82, 2.24) is 4.90 Å². The van der Waals surface area contributed by atoms with Crippen molar-refractivity contribution in [3.8, 4) is 0 Å². The number of nitrogens with two attached hydrogens (primary N) is 1. The minimum absolute atomic E-state index is 0.171. The van der Waals surface area contributed by atoms with E-state index in [1.54, 1.807) is 30.3 Å². The van der Waals surface area contributed by atoms with E-state index in [-0.39, 0.29) is 17.7 Å². The molecular formula is C16H18F2N2. The predicted molar refractivity (Wildman–Crippen MR) is 77.1 cm³/mol. The van der Waals surface area contributed by atoms with E-state index in [1.165, 1.54) is 12.1 Å². The lowest BCUT2D eigenvalue weighted by Crippen LogP contribution is -2.23. The van der Waals surface area contributed by atoms with E-state index in [9.17, 15) is 8.78 Å². The zero-order valence-corrected chi connectivity index (χ0v) is 11.6. The largest absolute Gasteiger partial charge is 0.398 e. The highest BCUT2D eigenvalue weighted by molar-refractivity contribution is 5.47. The van der Waals surface area contributed by atoms with E-state index >= 15 is 0 Å². The number of benzene rings is 2. The Balaban J connectivity index is 2.20. The molecule has 0 aliphatic carbocycles. The van der Waals surface area contributed by atoms with Crippen molar-refractivity contribution < 1.29 is 8.78 Å². The van der Waals surface area contributed by atoms with Crippen LogP contribution in [0, 0.1) is 11.6 Å². The summed E-state index contributed by atoms with van der Waals surface area (Å²) in [6, 6.07) is 11.1. The molecule has 2 rings (SSSR count). The molecule has 4 heteroatoms. The van der Waals surface area contributed by atoms with Gasteiger partial charge in [0.15, 0.2) is 0 Å². The SMILES string of the molecule is CC(c1ccccc1F)N(C)Cc1c(N)cccc1F. The summed E-state index contributed by atoms with van der Waals surface area (Å²) >= 11 is 0. The summed E-state index contributed by atoms with van der Waals surface area (Å²) in [4.78, 5) is 1.87. The Kier molecular flexibility index (Phi) is 4.35. The average Bonchev–Trinajstić information content (AvgIpc) is 2.42. The highest BCUT2D eigenvalue weighted by Crippen LogP contribution is 2.25. The van der Waals surface area contributed by atoms with Crippen LogP contribution in [0.25, 0.3) is 0 Å². The Morgan fingerprint density at radius 1 is 1.05 bits per heavy atom. The van der Waals surface area contributed by atoms with Crippen molar-refractivity contribution in [2.24, 2.45) is 0 Å². The summed E-state index contributed by atoms with van der Waals surface area (Å²) in [6.45, 7) is 2.21. The molecule has 0 saturated heterocycles. The minimum Gasteiger partial charge on any atom is -0.398 e. The third kappa shape index (κ3) is 2.96. The molecule has 0 aromatic heterocycles. The Labute approximate surface area is 117 Å². The Morgan fingerprint density at radius 2 is 1.70 bits per heavy atom. The standard InChI is InChI=1S/C16H18F2N2/c1-11(12-6-3-4-7-14(12)17)20(2)10-13-15(18)8-5-9-16(13)19/h3-9,11H,10,19H2,1-2H3. The van der Waals surface area contributed by atoms with Crippen molar-refractivity contribution in [2.45, 2.75) is 19.5 Å². The number of anilines is 1. The number of nitrogens with zero attached hydrogens (tertiary/aromatic N) is 1. The van der Waals surface area contributed by atoms with Gasteiger partial charge >= 0.3 is 0 Å². The number of nitrogen functional groups attached to an aromatic ring is 1. The molecule has 2 aromatic carbocycles. The Bertz CT molecular complexity index is 579. The monoisotopic (exact) mass is 276 g/mol. The third-order valence-electron chi connectivity index (χ3n) is 3.58.